The minimum absolute atomic E-state index is 0.0335. The Hall–Kier alpha value is -2.53. The van der Waals surface area contributed by atoms with Crippen molar-refractivity contribution in [2.45, 2.75) is 121 Å². The number of carbonyl (C=O) groups is 2. The van der Waals surface area contributed by atoms with Gasteiger partial charge in [-0.2, -0.15) is 11.8 Å². The van der Waals surface area contributed by atoms with E-state index in [0.29, 0.717) is 30.9 Å². The van der Waals surface area contributed by atoms with Gasteiger partial charge in [-0.1, -0.05) is 109 Å². The summed E-state index contributed by atoms with van der Waals surface area (Å²) in [5, 5.41) is 30.2. The van der Waals surface area contributed by atoms with Crippen LogP contribution in [0.15, 0.2) is 42.5 Å². The molecule has 5 atom stereocenters. The number of terminal acetylenes is 1. The van der Waals surface area contributed by atoms with Crippen LogP contribution in [-0.2, 0) is 16.0 Å². The number of rotatable bonds is 15. The smallest absolute Gasteiger partial charge is 0.243 e. The topological polar surface area (TPSA) is 98.7 Å². The van der Waals surface area contributed by atoms with Crippen molar-refractivity contribution in [3.63, 3.8) is 0 Å². The molecule has 2 aromatic carbocycles. The Morgan fingerprint density at radius 1 is 1.00 bits per heavy atom. The van der Waals surface area contributed by atoms with Crippen LogP contribution in [0.2, 0.25) is 0 Å². The number of carbonyl (C=O) groups excluding carboxylic acids is 2. The number of aliphatic hydroxyl groups excluding tert-OH is 2. The molecule has 0 aliphatic heterocycles. The Labute approximate surface area is 269 Å². The van der Waals surface area contributed by atoms with Gasteiger partial charge in [-0.05, 0) is 47.4 Å². The first-order chi connectivity index (χ1) is 20.9. The van der Waals surface area contributed by atoms with E-state index in [2.05, 4.69) is 61.6 Å². The van der Waals surface area contributed by atoms with E-state index < -0.39 is 30.2 Å². The summed E-state index contributed by atoms with van der Waals surface area (Å²) in [5.41, 5.74) is 1.09. The zero-order valence-electron chi connectivity index (χ0n) is 27.4. The molecule has 0 aromatic heterocycles. The van der Waals surface area contributed by atoms with Crippen molar-refractivity contribution in [3.8, 4) is 12.3 Å². The van der Waals surface area contributed by atoms with Crippen LogP contribution in [0.3, 0.4) is 0 Å². The Morgan fingerprint density at radius 2 is 1.68 bits per heavy atom. The van der Waals surface area contributed by atoms with Crippen molar-refractivity contribution in [3.05, 3.63) is 48.0 Å². The molecular weight excluding hydrogens is 568 g/mol. The highest BCUT2D eigenvalue weighted by Gasteiger charge is 2.34. The summed E-state index contributed by atoms with van der Waals surface area (Å²) < 4.78 is -0.0355. The number of thioether (sulfide) groups is 1. The zero-order chi connectivity index (χ0) is 32.3. The lowest BCUT2D eigenvalue weighted by Gasteiger charge is -2.33. The Balaban J connectivity index is 1.80. The SMILES string of the molecule is C#CC[C@H](NC(=O)[C@@H](CSC(C)(C)C)Cc1cccc2ccccc12)C(=O)N[C@@H](CC1CCCCC1)[C@@H](O)[C@@H](O)CC(C)C. The normalized spacial score (nSPS) is 17.8. The van der Waals surface area contributed by atoms with Gasteiger partial charge in [0.1, 0.15) is 12.1 Å². The monoisotopic (exact) mass is 622 g/mol. The Morgan fingerprint density at radius 3 is 2.34 bits per heavy atom. The van der Waals surface area contributed by atoms with Gasteiger partial charge in [0.05, 0.1) is 18.1 Å². The van der Waals surface area contributed by atoms with Crippen LogP contribution in [0.4, 0.5) is 0 Å². The largest absolute Gasteiger partial charge is 0.390 e. The van der Waals surface area contributed by atoms with E-state index in [0.717, 1.165) is 42.0 Å². The van der Waals surface area contributed by atoms with E-state index in [9.17, 15) is 19.8 Å². The molecule has 1 saturated carbocycles. The number of fused-ring (bicyclic) bond motifs is 1. The van der Waals surface area contributed by atoms with Gasteiger partial charge >= 0.3 is 0 Å². The summed E-state index contributed by atoms with van der Waals surface area (Å²) in [6.07, 6.45) is 10.8. The maximum atomic E-state index is 13.9. The molecule has 4 N–H and O–H groups in total. The van der Waals surface area contributed by atoms with E-state index >= 15 is 0 Å². The van der Waals surface area contributed by atoms with Crippen LogP contribution in [0, 0.1) is 30.1 Å². The van der Waals surface area contributed by atoms with Gasteiger partial charge in [0.2, 0.25) is 11.8 Å². The number of hydrogen-bond donors (Lipinski definition) is 4. The first kappa shape index (κ1) is 35.9. The van der Waals surface area contributed by atoms with Gasteiger partial charge in [-0.15, -0.1) is 12.3 Å². The molecule has 2 amide bonds. The second-order valence-electron chi connectivity index (χ2n) is 14.0. The van der Waals surface area contributed by atoms with Crippen molar-refractivity contribution in [2.24, 2.45) is 17.8 Å². The third-order valence-electron chi connectivity index (χ3n) is 8.55. The van der Waals surface area contributed by atoms with E-state index in [-0.39, 0.29) is 28.9 Å². The molecule has 0 heterocycles. The lowest BCUT2D eigenvalue weighted by Crippen LogP contribution is -2.56. The number of aliphatic hydroxyl groups is 2. The minimum Gasteiger partial charge on any atom is -0.390 e. The summed E-state index contributed by atoms with van der Waals surface area (Å²) in [5.74, 6) is 2.71. The molecular formula is C37H54N2O4S. The van der Waals surface area contributed by atoms with Crippen molar-refractivity contribution in [1.29, 1.82) is 0 Å². The van der Waals surface area contributed by atoms with E-state index in [1.165, 1.54) is 6.42 Å². The van der Waals surface area contributed by atoms with Crippen molar-refractivity contribution in [2.75, 3.05) is 5.75 Å². The molecule has 2 aromatic rings. The van der Waals surface area contributed by atoms with Crippen molar-refractivity contribution in [1.82, 2.24) is 10.6 Å². The first-order valence-corrected chi connectivity index (χ1v) is 17.4. The van der Waals surface area contributed by atoms with Crippen LogP contribution in [0.1, 0.15) is 91.5 Å². The van der Waals surface area contributed by atoms with E-state index in [4.69, 9.17) is 6.42 Å². The molecule has 1 aliphatic rings. The van der Waals surface area contributed by atoms with Gasteiger partial charge in [0.15, 0.2) is 0 Å². The molecule has 0 radical (unpaired) electrons. The summed E-state index contributed by atoms with van der Waals surface area (Å²) in [4.78, 5) is 27.6. The molecule has 7 heteroatoms. The molecule has 0 spiro atoms. The maximum absolute atomic E-state index is 13.9. The highest BCUT2D eigenvalue weighted by molar-refractivity contribution is 8.00. The number of benzene rings is 2. The summed E-state index contributed by atoms with van der Waals surface area (Å²) in [6.45, 7) is 10.4. The predicted octanol–water partition coefficient (Wildman–Crippen LogP) is 6.26. The summed E-state index contributed by atoms with van der Waals surface area (Å²) in [7, 11) is 0. The van der Waals surface area contributed by atoms with Crippen LogP contribution < -0.4 is 10.6 Å². The second-order valence-corrected chi connectivity index (χ2v) is 15.8. The fraction of sp³-hybridized carbons (Fsp3) is 0.622. The second kappa shape index (κ2) is 17.2. The van der Waals surface area contributed by atoms with Crippen LogP contribution in [-0.4, -0.2) is 56.8 Å². The average Bonchev–Trinajstić information content (AvgIpc) is 2.98. The molecule has 3 rings (SSSR count). The molecule has 1 fully saturated rings. The molecule has 44 heavy (non-hydrogen) atoms. The molecule has 0 saturated heterocycles. The predicted molar refractivity (Wildman–Crippen MR) is 183 cm³/mol. The van der Waals surface area contributed by atoms with E-state index in [1.54, 1.807) is 11.8 Å². The molecule has 6 nitrogen and oxygen atoms in total. The van der Waals surface area contributed by atoms with Gasteiger partial charge < -0.3 is 20.8 Å². The Bertz CT molecular complexity index is 1240. The third kappa shape index (κ3) is 11.4. The number of amides is 2. The van der Waals surface area contributed by atoms with Crippen LogP contribution in [0.5, 0.6) is 0 Å². The number of nitrogens with one attached hydrogen (secondary N) is 2. The molecule has 0 unspecified atom stereocenters. The maximum Gasteiger partial charge on any atom is 0.243 e. The van der Waals surface area contributed by atoms with Crippen molar-refractivity contribution >= 4 is 34.3 Å². The van der Waals surface area contributed by atoms with Crippen LogP contribution >= 0.6 is 11.8 Å². The highest BCUT2D eigenvalue weighted by Crippen LogP contribution is 2.30. The standard InChI is InChI=1S/C37H54N2O4S/c1-7-14-31(36(43)39-32(22-26-15-9-8-10-16-26)34(41)33(40)21-25(2)3)38-35(42)29(24-44-37(4,5)6)23-28-19-13-18-27-17-11-12-20-30(27)28/h1,11-13,17-20,25-26,29,31-34,40-41H,8-10,14-16,21-24H2,2-6H3,(H,38,42)(H,39,43)/t29-,31+,32+,33+,34-/m1/s1. The molecule has 1 aliphatic carbocycles. The van der Waals surface area contributed by atoms with Gasteiger partial charge in [0.25, 0.3) is 0 Å². The van der Waals surface area contributed by atoms with Gasteiger partial charge in [0, 0.05) is 16.9 Å². The zero-order valence-corrected chi connectivity index (χ0v) is 28.2. The Kier molecular flexibility index (Phi) is 14.1. The van der Waals surface area contributed by atoms with Crippen molar-refractivity contribution < 1.29 is 19.8 Å². The highest BCUT2D eigenvalue weighted by atomic mass is 32.2. The third-order valence-corrected chi connectivity index (χ3v) is 9.98. The minimum atomic E-state index is -1.10. The molecule has 0 bridgehead atoms. The fourth-order valence-electron chi connectivity index (χ4n) is 6.17. The van der Waals surface area contributed by atoms with Gasteiger partial charge in [-0.25, -0.2) is 0 Å². The summed E-state index contributed by atoms with van der Waals surface area (Å²) in [6, 6.07) is 12.8. The van der Waals surface area contributed by atoms with E-state index in [1.807, 2.05) is 32.0 Å². The first-order valence-electron chi connectivity index (χ1n) is 16.4. The number of hydrogen-bond acceptors (Lipinski definition) is 5. The molecule has 242 valence electrons. The lowest BCUT2D eigenvalue weighted by molar-refractivity contribution is -0.132. The average molecular weight is 623 g/mol. The van der Waals surface area contributed by atoms with Gasteiger partial charge in [-0.3, -0.25) is 9.59 Å². The lowest BCUT2D eigenvalue weighted by atomic mass is 9.82. The van der Waals surface area contributed by atoms with Crippen LogP contribution in [0.25, 0.3) is 10.8 Å². The quantitative estimate of drug-likeness (QED) is 0.176. The fourth-order valence-corrected chi connectivity index (χ4v) is 7.14. The summed E-state index contributed by atoms with van der Waals surface area (Å²) >= 11 is 1.72.